The van der Waals surface area contributed by atoms with Gasteiger partial charge in [0.1, 0.15) is 11.6 Å². The highest BCUT2D eigenvalue weighted by atomic mass is 16.5. The molecular formula is C20H26N4O3. The molecule has 1 aliphatic heterocycles. The Kier molecular flexibility index (Phi) is 6.49. The molecule has 0 unspecified atom stereocenters. The third kappa shape index (κ3) is 4.89. The van der Waals surface area contributed by atoms with Crippen LogP contribution in [0.1, 0.15) is 10.4 Å². The van der Waals surface area contributed by atoms with E-state index in [1.165, 1.54) is 0 Å². The van der Waals surface area contributed by atoms with E-state index in [-0.39, 0.29) is 5.91 Å². The second-order valence-electron chi connectivity index (χ2n) is 6.33. The first-order valence-corrected chi connectivity index (χ1v) is 9.08. The number of benzene rings is 1. The Bertz CT molecular complexity index is 726. The number of amides is 1. The predicted octanol–water partition coefficient (Wildman–Crippen LogP) is 2.11. The molecule has 0 atom stereocenters. The molecule has 1 aromatic heterocycles. The van der Waals surface area contributed by atoms with Gasteiger partial charge in [0.25, 0.3) is 5.91 Å². The fourth-order valence-corrected chi connectivity index (χ4v) is 3.05. The third-order valence-electron chi connectivity index (χ3n) is 4.63. The molecule has 2 heterocycles. The molecule has 7 nitrogen and oxygen atoms in total. The molecule has 3 rings (SSSR count). The van der Waals surface area contributed by atoms with Crippen molar-refractivity contribution in [1.29, 1.82) is 0 Å². The number of pyridine rings is 1. The average Bonchev–Trinajstić information content (AvgIpc) is 2.74. The minimum atomic E-state index is 0.0281. The van der Waals surface area contributed by atoms with Crippen molar-refractivity contribution in [3.63, 3.8) is 0 Å². The van der Waals surface area contributed by atoms with Gasteiger partial charge in [0.05, 0.1) is 19.3 Å². The van der Waals surface area contributed by atoms with E-state index in [0.29, 0.717) is 31.8 Å². The zero-order valence-corrected chi connectivity index (χ0v) is 15.9. The Labute approximate surface area is 159 Å². The standard InChI is InChI=1S/C20H26N4O3/c1-26-14-9-21-19-8-3-16(15-22-19)20(25)24-12-10-23(11-13-24)17-4-6-18(27-2)7-5-17/h3-8,15H,9-14H2,1-2H3,(H,21,22). The van der Waals surface area contributed by atoms with Crippen molar-refractivity contribution in [3.05, 3.63) is 48.2 Å². The van der Waals surface area contributed by atoms with Gasteiger partial charge in [-0.15, -0.1) is 0 Å². The van der Waals surface area contributed by atoms with Crippen LogP contribution < -0.4 is 15.0 Å². The van der Waals surface area contributed by atoms with Gasteiger partial charge in [-0.1, -0.05) is 0 Å². The number of carbonyl (C=O) groups is 1. The highest BCUT2D eigenvalue weighted by molar-refractivity contribution is 5.94. The summed E-state index contributed by atoms with van der Waals surface area (Å²) < 4.78 is 10.2. The minimum Gasteiger partial charge on any atom is -0.497 e. The van der Waals surface area contributed by atoms with Crippen molar-refractivity contribution in [3.8, 4) is 5.75 Å². The van der Waals surface area contributed by atoms with Crippen LogP contribution in [0.25, 0.3) is 0 Å². The van der Waals surface area contributed by atoms with Crippen molar-refractivity contribution in [2.24, 2.45) is 0 Å². The van der Waals surface area contributed by atoms with E-state index >= 15 is 0 Å². The monoisotopic (exact) mass is 370 g/mol. The number of hydrogen-bond donors (Lipinski definition) is 1. The molecule has 1 N–H and O–H groups in total. The van der Waals surface area contributed by atoms with Crippen LogP contribution in [0.3, 0.4) is 0 Å². The molecule has 1 saturated heterocycles. The van der Waals surface area contributed by atoms with Gasteiger partial charge in [0.15, 0.2) is 0 Å². The molecule has 1 aromatic carbocycles. The van der Waals surface area contributed by atoms with Crippen LogP contribution in [-0.2, 0) is 4.74 Å². The van der Waals surface area contributed by atoms with E-state index in [4.69, 9.17) is 9.47 Å². The number of anilines is 2. The smallest absolute Gasteiger partial charge is 0.255 e. The van der Waals surface area contributed by atoms with E-state index in [0.717, 1.165) is 30.3 Å². The fraction of sp³-hybridized carbons (Fsp3) is 0.400. The number of methoxy groups -OCH3 is 2. The number of aromatic nitrogens is 1. The number of piperazine rings is 1. The SMILES string of the molecule is COCCNc1ccc(C(=O)N2CCN(c3ccc(OC)cc3)CC2)cn1. The quantitative estimate of drug-likeness (QED) is 0.753. The molecule has 0 spiro atoms. The topological polar surface area (TPSA) is 66.9 Å². The molecule has 1 aliphatic rings. The van der Waals surface area contributed by atoms with Gasteiger partial charge >= 0.3 is 0 Å². The Balaban J connectivity index is 1.53. The van der Waals surface area contributed by atoms with Crippen LogP contribution in [0.2, 0.25) is 0 Å². The number of rotatable bonds is 7. The fourth-order valence-electron chi connectivity index (χ4n) is 3.05. The van der Waals surface area contributed by atoms with Crippen molar-refractivity contribution in [2.75, 3.05) is 63.8 Å². The first-order chi connectivity index (χ1) is 13.2. The highest BCUT2D eigenvalue weighted by Crippen LogP contribution is 2.21. The van der Waals surface area contributed by atoms with E-state index in [9.17, 15) is 4.79 Å². The second-order valence-corrected chi connectivity index (χ2v) is 6.33. The van der Waals surface area contributed by atoms with Crippen LogP contribution in [-0.4, -0.2) is 69.3 Å². The number of ether oxygens (including phenoxy) is 2. The van der Waals surface area contributed by atoms with E-state index in [1.807, 2.05) is 29.2 Å². The normalized spacial score (nSPS) is 14.1. The number of carbonyl (C=O) groups excluding carboxylic acids is 1. The number of nitrogens with one attached hydrogen (secondary N) is 1. The lowest BCUT2D eigenvalue weighted by Gasteiger charge is -2.36. The van der Waals surface area contributed by atoms with Gasteiger partial charge < -0.3 is 24.6 Å². The van der Waals surface area contributed by atoms with E-state index in [1.54, 1.807) is 20.4 Å². The molecule has 0 bridgehead atoms. The predicted molar refractivity (Wildman–Crippen MR) is 106 cm³/mol. The maximum absolute atomic E-state index is 12.7. The summed E-state index contributed by atoms with van der Waals surface area (Å²) in [6.07, 6.45) is 1.63. The maximum atomic E-state index is 12.7. The lowest BCUT2D eigenvalue weighted by Crippen LogP contribution is -2.48. The van der Waals surface area contributed by atoms with E-state index in [2.05, 4.69) is 27.3 Å². The summed E-state index contributed by atoms with van der Waals surface area (Å²) in [5.74, 6) is 1.62. The highest BCUT2D eigenvalue weighted by Gasteiger charge is 2.22. The van der Waals surface area contributed by atoms with Gasteiger partial charge in [-0.05, 0) is 36.4 Å². The first kappa shape index (κ1) is 19.0. The van der Waals surface area contributed by atoms with Crippen molar-refractivity contribution >= 4 is 17.4 Å². The number of hydrogen-bond acceptors (Lipinski definition) is 6. The summed E-state index contributed by atoms with van der Waals surface area (Å²) in [6.45, 7) is 4.30. The molecule has 1 fully saturated rings. The van der Waals surface area contributed by atoms with Crippen molar-refractivity contribution in [2.45, 2.75) is 0 Å². The summed E-state index contributed by atoms with van der Waals surface area (Å²) >= 11 is 0. The summed E-state index contributed by atoms with van der Waals surface area (Å²) in [6, 6.07) is 11.7. The molecule has 0 radical (unpaired) electrons. The molecule has 144 valence electrons. The summed E-state index contributed by atoms with van der Waals surface area (Å²) in [5, 5.41) is 3.15. The maximum Gasteiger partial charge on any atom is 0.255 e. The molecule has 2 aromatic rings. The van der Waals surface area contributed by atoms with Gasteiger partial charge in [-0.25, -0.2) is 4.98 Å². The average molecular weight is 370 g/mol. The molecule has 0 saturated carbocycles. The summed E-state index contributed by atoms with van der Waals surface area (Å²) in [4.78, 5) is 21.2. The van der Waals surface area contributed by atoms with Gasteiger partial charge in [0.2, 0.25) is 0 Å². The van der Waals surface area contributed by atoms with Crippen LogP contribution in [0.15, 0.2) is 42.6 Å². The summed E-state index contributed by atoms with van der Waals surface area (Å²) in [5.41, 5.74) is 1.77. The molecular weight excluding hydrogens is 344 g/mol. The lowest BCUT2D eigenvalue weighted by molar-refractivity contribution is 0.0746. The lowest BCUT2D eigenvalue weighted by atomic mass is 10.2. The zero-order valence-electron chi connectivity index (χ0n) is 15.9. The number of nitrogens with zero attached hydrogens (tertiary/aromatic N) is 3. The van der Waals surface area contributed by atoms with Crippen LogP contribution >= 0.6 is 0 Å². The van der Waals surface area contributed by atoms with Crippen molar-refractivity contribution < 1.29 is 14.3 Å². The minimum absolute atomic E-state index is 0.0281. The Morgan fingerprint density at radius 1 is 1.07 bits per heavy atom. The molecule has 1 amide bonds. The van der Waals surface area contributed by atoms with Gasteiger partial charge in [-0.3, -0.25) is 4.79 Å². The third-order valence-corrected chi connectivity index (χ3v) is 4.63. The van der Waals surface area contributed by atoms with Gasteiger partial charge in [0, 0.05) is 51.7 Å². The Morgan fingerprint density at radius 2 is 1.81 bits per heavy atom. The largest absolute Gasteiger partial charge is 0.497 e. The molecule has 7 heteroatoms. The summed E-state index contributed by atoms with van der Waals surface area (Å²) in [7, 11) is 3.32. The van der Waals surface area contributed by atoms with Crippen LogP contribution in [0.4, 0.5) is 11.5 Å². The second kappa shape index (κ2) is 9.23. The van der Waals surface area contributed by atoms with Crippen LogP contribution in [0, 0.1) is 0 Å². The Morgan fingerprint density at radius 3 is 2.41 bits per heavy atom. The van der Waals surface area contributed by atoms with E-state index < -0.39 is 0 Å². The van der Waals surface area contributed by atoms with Crippen molar-refractivity contribution in [1.82, 2.24) is 9.88 Å². The van der Waals surface area contributed by atoms with Crippen LogP contribution in [0.5, 0.6) is 5.75 Å². The first-order valence-electron chi connectivity index (χ1n) is 9.08. The van der Waals surface area contributed by atoms with Gasteiger partial charge in [-0.2, -0.15) is 0 Å². The zero-order chi connectivity index (χ0) is 19.1. The molecule has 27 heavy (non-hydrogen) atoms. The Hall–Kier alpha value is -2.80. The molecule has 0 aliphatic carbocycles.